The molecule has 3 aromatic rings. The van der Waals surface area contributed by atoms with Crippen molar-refractivity contribution in [3.8, 4) is 11.5 Å². The van der Waals surface area contributed by atoms with E-state index < -0.39 is 0 Å². The zero-order chi connectivity index (χ0) is 25.2. The quantitative estimate of drug-likeness (QED) is 0.490. The fourth-order valence-electron chi connectivity index (χ4n) is 6.14. The minimum atomic E-state index is -0.0706. The van der Waals surface area contributed by atoms with Gasteiger partial charge >= 0.3 is 0 Å². The van der Waals surface area contributed by atoms with Crippen LogP contribution in [-0.2, 0) is 17.8 Å². The maximum Gasteiger partial charge on any atom is 0.252 e. The third-order valence-electron chi connectivity index (χ3n) is 8.03. The van der Waals surface area contributed by atoms with Gasteiger partial charge in [-0.3, -0.25) is 9.69 Å². The van der Waals surface area contributed by atoms with E-state index in [1.54, 1.807) is 0 Å². The van der Waals surface area contributed by atoms with E-state index in [4.69, 9.17) is 14.2 Å². The van der Waals surface area contributed by atoms with Gasteiger partial charge in [-0.25, -0.2) is 4.68 Å². The Kier molecular flexibility index (Phi) is 7.10. The van der Waals surface area contributed by atoms with Crippen molar-refractivity contribution in [2.24, 2.45) is 0 Å². The second kappa shape index (κ2) is 10.8. The molecule has 2 aliphatic heterocycles. The number of hydrogen-bond acceptors (Lipinski definition) is 8. The number of pyridine rings is 1. The molecule has 37 heavy (non-hydrogen) atoms. The molecule has 0 unspecified atom stereocenters. The van der Waals surface area contributed by atoms with Crippen LogP contribution in [0.25, 0.3) is 10.9 Å². The molecule has 1 saturated carbocycles. The standard InChI is InChI=1S/C27H36N6O4/c1-2-23(26-29-30-31-33(26)17-21-9-6-10-35-21)32(20-7-4-3-5-8-20)16-19-13-18-14-24-25(37-12-11-36-24)15-22(18)28-27(19)34/h13-15,20-21,23H,2-12,16-17H2,1H3,(H,28,34)/t21-,23+/m1/s1. The fraction of sp³-hybridized carbons (Fsp3) is 0.630. The van der Waals surface area contributed by atoms with Crippen molar-refractivity contribution >= 4 is 10.9 Å². The highest BCUT2D eigenvalue weighted by molar-refractivity contribution is 5.83. The number of rotatable bonds is 8. The predicted octanol–water partition coefficient (Wildman–Crippen LogP) is 3.75. The van der Waals surface area contributed by atoms with Gasteiger partial charge < -0.3 is 19.2 Å². The normalized spacial score (nSPS) is 21.1. The molecular formula is C27H36N6O4. The Bertz CT molecular complexity index is 1280. The van der Waals surface area contributed by atoms with Crippen LogP contribution in [0.15, 0.2) is 23.0 Å². The molecule has 0 spiro atoms. The Labute approximate surface area is 216 Å². The third-order valence-corrected chi connectivity index (χ3v) is 8.03. The first-order valence-corrected chi connectivity index (χ1v) is 13.8. The Morgan fingerprint density at radius 3 is 2.62 bits per heavy atom. The highest BCUT2D eigenvalue weighted by Crippen LogP contribution is 2.35. The first kappa shape index (κ1) is 24.4. The average molecular weight is 509 g/mol. The van der Waals surface area contributed by atoms with Gasteiger partial charge in [0.25, 0.3) is 5.56 Å². The number of benzene rings is 1. The van der Waals surface area contributed by atoms with Crippen LogP contribution >= 0.6 is 0 Å². The van der Waals surface area contributed by atoms with E-state index in [-0.39, 0.29) is 17.7 Å². The summed E-state index contributed by atoms with van der Waals surface area (Å²) in [5, 5.41) is 13.8. The number of H-pyrrole nitrogens is 1. The van der Waals surface area contributed by atoms with E-state index in [1.807, 2.05) is 22.9 Å². The smallest absolute Gasteiger partial charge is 0.252 e. The van der Waals surface area contributed by atoms with Crippen molar-refractivity contribution < 1.29 is 14.2 Å². The molecule has 4 heterocycles. The van der Waals surface area contributed by atoms with Crippen molar-refractivity contribution in [3.05, 3.63) is 39.9 Å². The number of hydrogen-bond donors (Lipinski definition) is 1. The Balaban J connectivity index is 1.34. The summed E-state index contributed by atoms with van der Waals surface area (Å²) in [7, 11) is 0. The molecule has 10 heteroatoms. The van der Waals surface area contributed by atoms with E-state index >= 15 is 0 Å². The summed E-state index contributed by atoms with van der Waals surface area (Å²) in [6.07, 6.45) is 9.04. The average Bonchev–Trinajstić information content (AvgIpc) is 3.61. The highest BCUT2D eigenvalue weighted by atomic mass is 16.6. The summed E-state index contributed by atoms with van der Waals surface area (Å²) in [4.78, 5) is 18.9. The van der Waals surface area contributed by atoms with Crippen molar-refractivity contribution in [2.45, 2.75) is 89.6 Å². The molecule has 2 fully saturated rings. The second-order valence-electron chi connectivity index (χ2n) is 10.4. The van der Waals surface area contributed by atoms with Crippen LogP contribution in [0.3, 0.4) is 0 Å². The first-order chi connectivity index (χ1) is 18.2. The lowest BCUT2D eigenvalue weighted by atomic mass is 9.92. The minimum Gasteiger partial charge on any atom is -0.486 e. The van der Waals surface area contributed by atoms with Crippen molar-refractivity contribution in [1.29, 1.82) is 0 Å². The van der Waals surface area contributed by atoms with Gasteiger partial charge in [-0.2, -0.15) is 0 Å². The molecule has 1 N–H and O–H groups in total. The molecule has 0 bridgehead atoms. The zero-order valence-corrected chi connectivity index (χ0v) is 21.5. The van der Waals surface area contributed by atoms with E-state index in [1.165, 1.54) is 19.3 Å². The first-order valence-electron chi connectivity index (χ1n) is 13.8. The SMILES string of the molecule is CC[C@@H](c1nnnn1C[C@H]1CCCO1)N(Cc1cc2cc3c(cc2[nH]c1=O)OCCO3)C1CCCCC1. The predicted molar refractivity (Wildman–Crippen MR) is 138 cm³/mol. The molecule has 2 aromatic heterocycles. The highest BCUT2D eigenvalue weighted by Gasteiger charge is 2.33. The summed E-state index contributed by atoms with van der Waals surface area (Å²) >= 11 is 0. The molecule has 6 rings (SSSR count). The third kappa shape index (κ3) is 5.09. The Morgan fingerprint density at radius 2 is 1.86 bits per heavy atom. The van der Waals surface area contributed by atoms with Gasteiger partial charge in [-0.05, 0) is 54.7 Å². The molecule has 0 radical (unpaired) electrons. The molecule has 198 valence electrons. The molecule has 10 nitrogen and oxygen atoms in total. The zero-order valence-electron chi connectivity index (χ0n) is 21.5. The minimum absolute atomic E-state index is 0.00914. The molecule has 1 aromatic carbocycles. The van der Waals surface area contributed by atoms with Crippen LogP contribution in [0.2, 0.25) is 0 Å². The molecule has 2 atom stereocenters. The molecule has 1 saturated heterocycles. The number of nitrogens with zero attached hydrogens (tertiary/aromatic N) is 5. The van der Waals surface area contributed by atoms with Crippen LogP contribution in [0.1, 0.15) is 75.7 Å². The number of fused-ring (bicyclic) bond motifs is 2. The van der Waals surface area contributed by atoms with Gasteiger partial charge in [-0.15, -0.1) is 5.10 Å². The summed E-state index contributed by atoms with van der Waals surface area (Å²) in [5.74, 6) is 2.26. The number of aromatic nitrogens is 5. The van der Waals surface area contributed by atoms with Crippen molar-refractivity contribution in [1.82, 2.24) is 30.1 Å². The van der Waals surface area contributed by atoms with Crippen LogP contribution < -0.4 is 15.0 Å². The lowest BCUT2D eigenvalue weighted by molar-refractivity contribution is 0.0734. The number of aromatic amines is 1. The van der Waals surface area contributed by atoms with Gasteiger partial charge in [0.05, 0.1) is 24.2 Å². The van der Waals surface area contributed by atoms with E-state index in [2.05, 4.69) is 32.3 Å². The summed E-state index contributed by atoms with van der Waals surface area (Å²) in [6, 6.07) is 6.22. The molecule has 0 amide bonds. The van der Waals surface area contributed by atoms with E-state index in [9.17, 15) is 4.79 Å². The summed E-state index contributed by atoms with van der Waals surface area (Å²) in [6.45, 7) is 5.24. The fourth-order valence-corrected chi connectivity index (χ4v) is 6.14. The summed E-state index contributed by atoms with van der Waals surface area (Å²) < 4.78 is 19.3. The molecule has 3 aliphatic rings. The van der Waals surface area contributed by atoms with E-state index in [0.29, 0.717) is 38.1 Å². The van der Waals surface area contributed by atoms with Gasteiger partial charge in [0.1, 0.15) is 13.2 Å². The van der Waals surface area contributed by atoms with Crippen molar-refractivity contribution in [2.75, 3.05) is 19.8 Å². The second-order valence-corrected chi connectivity index (χ2v) is 10.4. The summed E-state index contributed by atoms with van der Waals surface area (Å²) in [5.41, 5.74) is 1.43. The molecular weight excluding hydrogens is 472 g/mol. The van der Waals surface area contributed by atoms with Crippen LogP contribution in [-0.4, -0.2) is 62.1 Å². The number of tetrazole rings is 1. The lowest BCUT2D eigenvalue weighted by Crippen LogP contribution is -2.41. The number of ether oxygens (including phenoxy) is 3. The van der Waals surface area contributed by atoms with Gasteiger partial charge in [0, 0.05) is 36.2 Å². The van der Waals surface area contributed by atoms with Crippen LogP contribution in [0.5, 0.6) is 11.5 Å². The van der Waals surface area contributed by atoms with E-state index in [0.717, 1.165) is 66.8 Å². The number of nitrogens with one attached hydrogen (secondary N) is 1. The van der Waals surface area contributed by atoms with Gasteiger partial charge in [0.2, 0.25) is 0 Å². The van der Waals surface area contributed by atoms with Crippen LogP contribution in [0.4, 0.5) is 0 Å². The Morgan fingerprint density at radius 1 is 1.05 bits per heavy atom. The monoisotopic (exact) mass is 508 g/mol. The largest absolute Gasteiger partial charge is 0.486 e. The molecule has 1 aliphatic carbocycles. The maximum absolute atomic E-state index is 13.3. The van der Waals surface area contributed by atoms with Crippen LogP contribution in [0, 0.1) is 0 Å². The van der Waals surface area contributed by atoms with Crippen molar-refractivity contribution in [3.63, 3.8) is 0 Å². The topological polar surface area (TPSA) is 107 Å². The lowest BCUT2D eigenvalue weighted by Gasteiger charge is -2.39. The Hall–Kier alpha value is -2.98. The van der Waals surface area contributed by atoms with Gasteiger partial charge in [0.15, 0.2) is 17.3 Å². The maximum atomic E-state index is 13.3. The van der Waals surface area contributed by atoms with Gasteiger partial charge in [-0.1, -0.05) is 26.2 Å².